The van der Waals surface area contributed by atoms with Gasteiger partial charge in [0.1, 0.15) is 0 Å². The molecule has 0 saturated carbocycles. The maximum Gasteiger partial charge on any atom is 0.234 e. The molecule has 0 spiro atoms. The van der Waals surface area contributed by atoms with Gasteiger partial charge in [0.15, 0.2) is 16.8 Å². The minimum Gasteiger partial charge on any atom is -0.325 e. The van der Waals surface area contributed by atoms with Gasteiger partial charge in [-0.15, -0.1) is 10.2 Å². The van der Waals surface area contributed by atoms with E-state index in [0.29, 0.717) is 28.7 Å². The van der Waals surface area contributed by atoms with Crippen LogP contribution in [-0.2, 0) is 11.3 Å². The second-order valence-electron chi connectivity index (χ2n) is 5.73. The van der Waals surface area contributed by atoms with Gasteiger partial charge in [0.05, 0.1) is 5.75 Å². The number of ketones is 1. The fourth-order valence-electron chi connectivity index (χ4n) is 2.60. The number of aromatic nitrogens is 4. The van der Waals surface area contributed by atoms with Crippen LogP contribution >= 0.6 is 11.8 Å². The highest BCUT2D eigenvalue weighted by Gasteiger charge is 2.18. The van der Waals surface area contributed by atoms with E-state index in [2.05, 4.69) is 20.5 Å². The van der Waals surface area contributed by atoms with Crippen molar-refractivity contribution >= 4 is 29.1 Å². The highest BCUT2D eigenvalue weighted by molar-refractivity contribution is 7.99. The number of para-hydroxylation sites is 1. The summed E-state index contributed by atoms with van der Waals surface area (Å²) in [6.07, 6.45) is 3.16. The number of benzene rings is 1. The van der Waals surface area contributed by atoms with Crippen LogP contribution in [0.15, 0.2) is 53.9 Å². The van der Waals surface area contributed by atoms with Gasteiger partial charge in [-0.2, -0.15) is 0 Å². The molecule has 0 unspecified atom stereocenters. The summed E-state index contributed by atoms with van der Waals surface area (Å²) in [6, 6.07) is 11.0. The molecule has 138 valence electrons. The minimum atomic E-state index is -0.119. The zero-order valence-electron chi connectivity index (χ0n) is 15.0. The zero-order valence-corrected chi connectivity index (χ0v) is 15.9. The number of carbonyl (C=O) groups is 2. The second kappa shape index (κ2) is 8.59. The largest absolute Gasteiger partial charge is 0.325 e. The molecule has 2 heterocycles. The van der Waals surface area contributed by atoms with Crippen LogP contribution in [0.5, 0.6) is 0 Å². The summed E-state index contributed by atoms with van der Waals surface area (Å²) in [5.74, 6) is 0.603. The van der Waals surface area contributed by atoms with Gasteiger partial charge in [0, 0.05) is 35.8 Å². The van der Waals surface area contributed by atoms with Gasteiger partial charge in [-0.05, 0) is 32.0 Å². The lowest BCUT2D eigenvalue weighted by atomic mass is 10.1. The Kier molecular flexibility index (Phi) is 5.97. The molecule has 0 atom stereocenters. The maximum atomic E-state index is 12.2. The predicted molar refractivity (Wildman–Crippen MR) is 105 cm³/mol. The first-order chi connectivity index (χ1) is 13.1. The van der Waals surface area contributed by atoms with E-state index in [1.165, 1.54) is 24.9 Å². The standard InChI is InChI=1S/C19H19N5O2S/c1-3-24-18(15-9-10-20-11-16(15)13(2)25)22-23-19(24)27-12-17(26)21-14-7-5-4-6-8-14/h4-11H,3,12H2,1-2H3,(H,21,26). The molecule has 0 saturated heterocycles. The van der Waals surface area contributed by atoms with Gasteiger partial charge in [-0.25, -0.2) is 0 Å². The molecule has 1 amide bonds. The number of amides is 1. The molecule has 7 nitrogen and oxygen atoms in total. The van der Waals surface area contributed by atoms with Crippen molar-refractivity contribution in [2.45, 2.75) is 25.5 Å². The summed E-state index contributed by atoms with van der Waals surface area (Å²) in [5, 5.41) is 11.9. The lowest BCUT2D eigenvalue weighted by Gasteiger charge is -2.09. The van der Waals surface area contributed by atoms with Crippen molar-refractivity contribution in [1.82, 2.24) is 19.7 Å². The first-order valence-electron chi connectivity index (χ1n) is 8.46. The Balaban J connectivity index is 1.77. The zero-order chi connectivity index (χ0) is 19.2. The number of hydrogen-bond acceptors (Lipinski definition) is 6. The van der Waals surface area contributed by atoms with Crippen molar-refractivity contribution in [2.24, 2.45) is 0 Å². The van der Waals surface area contributed by atoms with Crippen LogP contribution in [0.3, 0.4) is 0 Å². The molecule has 27 heavy (non-hydrogen) atoms. The summed E-state index contributed by atoms with van der Waals surface area (Å²) in [4.78, 5) is 28.1. The Bertz CT molecular complexity index is 956. The van der Waals surface area contributed by atoms with E-state index in [-0.39, 0.29) is 17.4 Å². The fraction of sp³-hybridized carbons (Fsp3) is 0.211. The maximum absolute atomic E-state index is 12.2. The number of pyridine rings is 1. The van der Waals surface area contributed by atoms with E-state index in [1.807, 2.05) is 41.8 Å². The monoisotopic (exact) mass is 381 g/mol. The average molecular weight is 381 g/mol. The van der Waals surface area contributed by atoms with E-state index < -0.39 is 0 Å². The van der Waals surface area contributed by atoms with Gasteiger partial charge in [-0.3, -0.25) is 14.6 Å². The number of thioether (sulfide) groups is 1. The number of anilines is 1. The lowest BCUT2D eigenvalue weighted by molar-refractivity contribution is -0.113. The normalized spacial score (nSPS) is 10.6. The van der Waals surface area contributed by atoms with E-state index in [0.717, 1.165) is 5.69 Å². The Hall–Kier alpha value is -3.00. The first-order valence-corrected chi connectivity index (χ1v) is 9.45. The Morgan fingerprint density at radius 2 is 1.93 bits per heavy atom. The van der Waals surface area contributed by atoms with E-state index >= 15 is 0 Å². The molecule has 0 aliphatic heterocycles. The third-order valence-electron chi connectivity index (χ3n) is 3.86. The molecule has 0 bridgehead atoms. The van der Waals surface area contributed by atoms with E-state index in [1.54, 1.807) is 12.3 Å². The Labute approximate surface area is 161 Å². The van der Waals surface area contributed by atoms with Crippen LogP contribution in [0.1, 0.15) is 24.2 Å². The molecule has 2 aromatic heterocycles. The van der Waals surface area contributed by atoms with Gasteiger partial charge >= 0.3 is 0 Å². The molecule has 1 N–H and O–H groups in total. The average Bonchev–Trinajstić information content (AvgIpc) is 3.10. The molecule has 0 fully saturated rings. The smallest absolute Gasteiger partial charge is 0.234 e. The number of carbonyl (C=O) groups excluding carboxylic acids is 2. The molecular weight excluding hydrogens is 362 g/mol. The van der Waals surface area contributed by atoms with Crippen molar-refractivity contribution < 1.29 is 9.59 Å². The highest BCUT2D eigenvalue weighted by Crippen LogP contribution is 2.26. The van der Waals surface area contributed by atoms with E-state index in [4.69, 9.17) is 0 Å². The van der Waals surface area contributed by atoms with Crippen LogP contribution < -0.4 is 5.32 Å². The van der Waals surface area contributed by atoms with Crippen LogP contribution in [-0.4, -0.2) is 37.2 Å². The molecular formula is C19H19N5O2S. The number of Topliss-reactive ketones (excluding diaryl/α,β-unsaturated/α-hetero) is 1. The number of nitrogens with zero attached hydrogens (tertiary/aromatic N) is 4. The van der Waals surface area contributed by atoms with Crippen LogP contribution in [0.4, 0.5) is 5.69 Å². The van der Waals surface area contributed by atoms with Gasteiger partial charge in [-0.1, -0.05) is 30.0 Å². The molecule has 0 aliphatic rings. The number of nitrogens with one attached hydrogen (secondary N) is 1. The summed E-state index contributed by atoms with van der Waals surface area (Å²) in [6.45, 7) is 4.08. The predicted octanol–water partition coefficient (Wildman–Crippen LogP) is 3.29. The van der Waals surface area contributed by atoms with Gasteiger partial charge in [0.25, 0.3) is 0 Å². The first kappa shape index (κ1) is 18.8. The fourth-order valence-corrected chi connectivity index (χ4v) is 3.40. The highest BCUT2D eigenvalue weighted by atomic mass is 32.2. The Morgan fingerprint density at radius 3 is 2.63 bits per heavy atom. The van der Waals surface area contributed by atoms with Crippen molar-refractivity contribution in [1.29, 1.82) is 0 Å². The van der Waals surface area contributed by atoms with E-state index in [9.17, 15) is 9.59 Å². The summed E-state index contributed by atoms with van der Waals surface area (Å²) in [5.41, 5.74) is 1.94. The third kappa shape index (κ3) is 4.40. The molecule has 3 aromatic rings. The van der Waals surface area contributed by atoms with Crippen molar-refractivity contribution in [3.05, 3.63) is 54.4 Å². The lowest BCUT2D eigenvalue weighted by Crippen LogP contribution is -2.14. The van der Waals surface area contributed by atoms with Gasteiger partial charge < -0.3 is 9.88 Å². The topological polar surface area (TPSA) is 89.8 Å². The number of hydrogen-bond donors (Lipinski definition) is 1. The number of rotatable bonds is 7. The minimum absolute atomic E-state index is 0.0832. The van der Waals surface area contributed by atoms with Crippen molar-refractivity contribution in [3.63, 3.8) is 0 Å². The van der Waals surface area contributed by atoms with Crippen molar-refractivity contribution in [3.8, 4) is 11.4 Å². The van der Waals surface area contributed by atoms with Crippen LogP contribution in [0, 0.1) is 0 Å². The summed E-state index contributed by atoms with van der Waals surface area (Å²) >= 11 is 1.31. The second-order valence-corrected chi connectivity index (χ2v) is 6.67. The van der Waals surface area contributed by atoms with Crippen LogP contribution in [0.25, 0.3) is 11.4 Å². The van der Waals surface area contributed by atoms with Crippen molar-refractivity contribution in [2.75, 3.05) is 11.1 Å². The van der Waals surface area contributed by atoms with Gasteiger partial charge in [0.2, 0.25) is 5.91 Å². The molecule has 3 rings (SSSR count). The Morgan fingerprint density at radius 1 is 1.15 bits per heavy atom. The molecule has 0 aliphatic carbocycles. The van der Waals surface area contributed by atoms with Crippen LogP contribution in [0.2, 0.25) is 0 Å². The summed E-state index contributed by atoms with van der Waals surface area (Å²) < 4.78 is 1.89. The quantitative estimate of drug-likeness (QED) is 0.499. The molecule has 1 aromatic carbocycles. The molecule has 0 radical (unpaired) electrons. The third-order valence-corrected chi connectivity index (χ3v) is 4.83. The molecule has 8 heteroatoms. The summed E-state index contributed by atoms with van der Waals surface area (Å²) in [7, 11) is 0. The SMILES string of the molecule is CCn1c(SCC(=O)Nc2ccccc2)nnc1-c1ccncc1C(C)=O.